The van der Waals surface area contributed by atoms with Crippen molar-refractivity contribution in [1.82, 2.24) is 0 Å². The highest BCUT2D eigenvalue weighted by Gasteiger charge is 2.23. The average molecular weight is 420 g/mol. The lowest BCUT2D eigenvalue weighted by Gasteiger charge is -2.29. The molecule has 2 amide bonds. The van der Waals surface area contributed by atoms with Crippen LogP contribution in [0.1, 0.15) is 12.8 Å². The molecule has 158 valence electrons. The van der Waals surface area contributed by atoms with Gasteiger partial charge in [0.2, 0.25) is 11.8 Å². The van der Waals surface area contributed by atoms with E-state index in [-0.39, 0.29) is 24.7 Å². The zero-order valence-electron chi connectivity index (χ0n) is 16.7. The van der Waals surface area contributed by atoms with Crippen molar-refractivity contribution in [3.63, 3.8) is 0 Å². The minimum absolute atomic E-state index is 0.0205. The summed E-state index contributed by atoms with van der Waals surface area (Å²) in [6.45, 7) is 0.863. The Labute approximate surface area is 179 Å². The number of carbonyl (C=O) groups excluding carboxylic acids is 2. The number of hydrogen-bond donors (Lipinski definition) is 1. The van der Waals surface area contributed by atoms with E-state index in [9.17, 15) is 14.0 Å². The van der Waals surface area contributed by atoms with Crippen molar-refractivity contribution in [1.29, 1.82) is 0 Å². The maximum atomic E-state index is 13.4. The molecule has 1 aliphatic rings. The van der Waals surface area contributed by atoms with Crippen molar-refractivity contribution in [2.24, 2.45) is 0 Å². The molecule has 4 rings (SSSR count). The van der Waals surface area contributed by atoms with E-state index in [2.05, 4.69) is 5.32 Å². The van der Waals surface area contributed by atoms with Crippen LogP contribution in [0.5, 0.6) is 17.2 Å². The molecule has 3 aromatic rings. The van der Waals surface area contributed by atoms with Crippen LogP contribution in [0.4, 0.5) is 15.8 Å². The van der Waals surface area contributed by atoms with Gasteiger partial charge in [0.25, 0.3) is 0 Å². The van der Waals surface area contributed by atoms with Crippen LogP contribution in [0.2, 0.25) is 0 Å². The van der Waals surface area contributed by atoms with E-state index in [1.807, 2.05) is 24.3 Å². The van der Waals surface area contributed by atoms with Crippen LogP contribution in [0.25, 0.3) is 0 Å². The smallest absolute Gasteiger partial charge is 0.227 e. The first-order chi connectivity index (χ1) is 15.1. The second-order valence-electron chi connectivity index (χ2n) is 6.97. The van der Waals surface area contributed by atoms with Crippen molar-refractivity contribution >= 4 is 23.2 Å². The Kier molecular flexibility index (Phi) is 6.12. The Morgan fingerprint density at radius 3 is 2.68 bits per heavy atom. The number of nitrogens with one attached hydrogen (secondary N) is 1. The van der Waals surface area contributed by atoms with Gasteiger partial charge in [0, 0.05) is 18.9 Å². The summed E-state index contributed by atoms with van der Waals surface area (Å²) in [6, 6.07) is 20.0. The lowest BCUT2D eigenvalue weighted by Crippen LogP contribution is -2.38. The van der Waals surface area contributed by atoms with Crippen LogP contribution < -0.4 is 19.7 Å². The molecule has 31 heavy (non-hydrogen) atoms. The fraction of sp³-hybridized carbons (Fsp3) is 0.167. The van der Waals surface area contributed by atoms with Crippen LogP contribution in [-0.4, -0.2) is 25.0 Å². The number of benzene rings is 3. The van der Waals surface area contributed by atoms with Crippen LogP contribution in [-0.2, 0) is 9.59 Å². The fourth-order valence-electron chi connectivity index (χ4n) is 3.31. The van der Waals surface area contributed by atoms with Gasteiger partial charge in [0.1, 0.15) is 23.9 Å². The van der Waals surface area contributed by atoms with Crippen molar-refractivity contribution in [2.75, 3.05) is 23.4 Å². The lowest BCUT2D eigenvalue weighted by atomic mass is 10.2. The Balaban J connectivity index is 1.37. The van der Waals surface area contributed by atoms with Crippen molar-refractivity contribution < 1.29 is 23.5 Å². The van der Waals surface area contributed by atoms with Gasteiger partial charge in [-0.3, -0.25) is 9.59 Å². The molecule has 1 heterocycles. The van der Waals surface area contributed by atoms with Gasteiger partial charge < -0.3 is 19.7 Å². The molecule has 0 aromatic heterocycles. The molecule has 3 aromatic carbocycles. The summed E-state index contributed by atoms with van der Waals surface area (Å²) in [5, 5.41) is 2.77. The van der Waals surface area contributed by atoms with E-state index < -0.39 is 5.82 Å². The number of rotatable bonds is 6. The molecule has 0 saturated carbocycles. The van der Waals surface area contributed by atoms with Crippen molar-refractivity contribution in [2.45, 2.75) is 12.8 Å². The molecular formula is C24H21FN2O4. The van der Waals surface area contributed by atoms with Crippen molar-refractivity contribution in [3.8, 4) is 17.2 Å². The molecule has 0 radical (unpaired) electrons. The van der Waals surface area contributed by atoms with Crippen LogP contribution in [0.3, 0.4) is 0 Å². The van der Waals surface area contributed by atoms with Crippen LogP contribution in [0, 0.1) is 5.82 Å². The first-order valence-corrected chi connectivity index (χ1v) is 9.94. The monoisotopic (exact) mass is 420 g/mol. The van der Waals surface area contributed by atoms with E-state index in [0.717, 1.165) is 0 Å². The van der Waals surface area contributed by atoms with E-state index in [0.29, 0.717) is 41.8 Å². The zero-order valence-corrected chi connectivity index (χ0v) is 16.7. The summed E-state index contributed by atoms with van der Waals surface area (Å²) in [5.74, 6) is 0.496. The maximum absolute atomic E-state index is 13.4. The lowest BCUT2D eigenvalue weighted by molar-refractivity contribution is -0.122. The number of halogens is 1. The van der Waals surface area contributed by atoms with E-state index in [1.165, 1.54) is 12.1 Å². The highest BCUT2D eigenvalue weighted by Crippen LogP contribution is 2.32. The minimum atomic E-state index is -0.415. The normalized spacial score (nSPS) is 12.5. The van der Waals surface area contributed by atoms with Crippen LogP contribution >= 0.6 is 0 Å². The first-order valence-electron chi connectivity index (χ1n) is 9.94. The van der Waals surface area contributed by atoms with Crippen molar-refractivity contribution in [3.05, 3.63) is 78.6 Å². The summed E-state index contributed by atoms with van der Waals surface area (Å²) in [5.41, 5.74) is 1.16. The molecule has 0 aliphatic carbocycles. The number of amides is 2. The molecule has 0 saturated heterocycles. The van der Waals surface area contributed by atoms with Gasteiger partial charge >= 0.3 is 0 Å². The second-order valence-corrected chi connectivity index (χ2v) is 6.97. The second kappa shape index (κ2) is 9.30. The summed E-state index contributed by atoms with van der Waals surface area (Å²) in [6.07, 6.45) is 0.0831. The van der Waals surface area contributed by atoms with Gasteiger partial charge in [0.05, 0.1) is 17.9 Å². The van der Waals surface area contributed by atoms with Gasteiger partial charge in [-0.2, -0.15) is 0 Å². The Morgan fingerprint density at radius 1 is 1.00 bits per heavy atom. The SMILES string of the molecule is O=C(CCC(=O)N1CCOc2ccccc21)Nc1ccccc1Oc1cccc(F)c1. The Morgan fingerprint density at radius 2 is 1.81 bits per heavy atom. The quantitative estimate of drug-likeness (QED) is 0.624. The van der Waals surface area contributed by atoms with Gasteiger partial charge in [-0.15, -0.1) is 0 Å². The molecule has 6 nitrogen and oxygen atoms in total. The van der Waals surface area contributed by atoms with Gasteiger partial charge in [0.15, 0.2) is 5.75 Å². The molecule has 0 bridgehead atoms. The molecule has 7 heteroatoms. The van der Waals surface area contributed by atoms with Crippen LogP contribution in [0.15, 0.2) is 72.8 Å². The fourth-order valence-corrected chi connectivity index (χ4v) is 3.31. The molecule has 0 fully saturated rings. The number of fused-ring (bicyclic) bond motifs is 1. The summed E-state index contributed by atoms with van der Waals surface area (Å²) >= 11 is 0. The topological polar surface area (TPSA) is 67.9 Å². The largest absolute Gasteiger partial charge is 0.490 e. The number of hydrogen-bond acceptors (Lipinski definition) is 4. The molecule has 0 atom stereocenters. The minimum Gasteiger partial charge on any atom is -0.490 e. The molecule has 1 aliphatic heterocycles. The number of carbonyl (C=O) groups is 2. The third kappa shape index (κ3) is 5.01. The van der Waals surface area contributed by atoms with E-state index in [1.54, 1.807) is 41.3 Å². The summed E-state index contributed by atoms with van der Waals surface area (Å²) in [4.78, 5) is 26.8. The molecule has 0 spiro atoms. The predicted molar refractivity (Wildman–Crippen MR) is 115 cm³/mol. The molecular weight excluding hydrogens is 399 g/mol. The number of nitrogens with zero attached hydrogens (tertiary/aromatic N) is 1. The Bertz CT molecular complexity index is 1100. The number of para-hydroxylation sites is 4. The van der Waals surface area contributed by atoms with Gasteiger partial charge in [-0.25, -0.2) is 4.39 Å². The predicted octanol–water partition coefficient (Wildman–Crippen LogP) is 4.76. The number of anilines is 2. The van der Waals surface area contributed by atoms with E-state index >= 15 is 0 Å². The standard InChI is InChI=1S/C24H21FN2O4/c25-17-6-5-7-18(16-17)31-21-10-3-1-8-19(21)26-23(28)12-13-24(29)27-14-15-30-22-11-4-2-9-20(22)27/h1-11,16H,12-15H2,(H,26,28). The van der Waals surface area contributed by atoms with E-state index in [4.69, 9.17) is 9.47 Å². The van der Waals surface area contributed by atoms with Gasteiger partial charge in [-0.05, 0) is 36.4 Å². The first kappa shape index (κ1) is 20.4. The molecule has 0 unspecified atom stereocenters. The maximum Gasteiger partial charge on any atom is 0.227 e. The average Bonchev–Trinajstić information content (AvgIpc) is 2.78. The summed E-state index contributed by atoms with van der Waals surface area (Å²) < 4.78 is 24.7. The third-order valence-corrected chi connectivity index (χ3v) is 4.78. The zero-order chi connectivity index (χ0) is 21.6. The number of ether oxygens (including phenoxy) is 2. The highest BCUT2D eigenvalue weighted by molar-refractivity contribution is 5.99. The summed E-state index contributed by atoms with van der Waals surface area (Å²) in [7, 11) is 0. The van der Waals surface area contributed by atoms with Gasteiger partial charge in [-0.1, -0.05) is 30.3 Å². The Hall–Kier alpha value is -3.87. The third-order valence-electron chi connectivity index (χ3n) is 4.78. The highest BCUT2D eigenvalue weighted by atomic mass is 19.1. The molecule has 1 N–H and O–H groups in total.